The second-order valence-corrected chi connectivity index (χ2v) is 6.58. The molecule has 0 bridgehead atoms. The van der Waals surface area contributed by atoms with Crippen LogP contribution in [0.5, 0.6) is 0 Å². The zero-order valence-electron chi connectivity index (χ0n) is 15.1. The van der Waals surface area contributed by atoms with Crippen LogP contribution in [0.2, 0.25) is 0 Å². The third-order valence-electron chi connectivity index (χ3n) is 3.48. The van der Waals surface area contributed by atoms with Gasteiger partial charge in [0.05, 0.1) is 16.9 Å². The SMILES string of the molecule is Cc1ccc(/C=N/Nc2nnc(SCC(=O)Nc3ccc([N+](=O)[O-])cc3)n2N)o1. The van der Waals surface area contributed by atoms with Crippen molar-refractivity contribution < 1.29 is 14.1 Å². The van der Waals surface area contributed by atoms with Crippen molar-refractivity contribution in [2.24, 2.45) is 5.10 Å². The Bertz CT molecular complexity index is 1040. The Morgan fingerprint density at radius 3 is 2.76 bits per heavy atom. The number of nitrogens with zero attached hydrogens (tertiary/aromatic N) is 5. The maximum Gasteiger partial charge on any atom is 0.269 e. The van der Waals surface area contributed by atoms with Crippen LogP contribution in [0.15, 0.2) is 51.1 Å². The number of nitro benzene ring substituents is 1. The molecule has 0 saturated carbocycles. The molecular weight excluding hydrogens is 400 g/mol. The highest BCUT2D eigenvalue weighted by Gasteiger charge is 2.12. The minimum Gasteiger partial charge on any atom is -0.460 e. The number of hydrazone groups is 1. The summed E-state index contributed by atoms with van der Waals surface area (Å²) < 4.78 is 6.50. The molecule has 0 saturated heterocycles. The summed E-state index contributed by atoms with van der Waals surface area (Å²) in [5, 5.41) is 25.3. The molecule has 0 aliphatic heterocycles. The number of anilines is 2. The summed E-state index contributed by atoms with van der Waals surface area (Å²) in [7, 11) is 0. The van der Waals surface area contributed by atoms with Gasteiger partial charge in [0, 0.05) is 17.8 Å². The van der Waals surface area contributed by atoms with Gasteiger partial charge in [-0.25, -0.2) is 10.1 Å². The van der Waals surface area contributed by atoms with E-state index in [0.717, 1.165) is 22.2 Å². The Labute approximate surface area is 168 Å². The summed E-state index contributed by atoms with van der Waals surface area (Å²) in [6.07, 6.45) is 1.46. The predicted octanol–water partition coefficient (Wildman–Crippen LogP) is 1.98. The topological polar surface area (TPSA) is 167 Å². The van der Waals surface area contributed by atoms with Gasteiger partial charge in [0.1, 0.15) is 11.5 Å². The first kappa shape index (κ1) is 19.9. The van der Waals surface area contributed by atoms with Gasteiger partial charge in [0.2, 0.25) is 11.1 Å². The standard InChI is InChI=1S/C16H16N8O4S/c1-10-2-7-13(28-10)8-18-20-15-21-22-16(23(15)17)29-9-14(25)19-11-3-5-12(6-4-11)24(26)27/h2-8H,9,17H2,1H3,(H,19,25)(H,20,21)/b18-8+. The lowest BCUT2D eigenvalue weighted by molar-refractivity contribution is -0.384. The molecule has 2 heterocycles. The average molecular weight is 416 g/mol. The fourth-order valence-corrected chi connectivity index (χ4v) is 2.78. The van der Waals surface area contributed by atoms with Crippen LogP contribution in [0, 0.1) is 17.0 Å². The molecule has 13 heteroatoms. The van der Waals surface area contributed by atoms with E-state index in [1.165, 1.54) is 30.5 Å². The monoisotopic (exact) mass is 416 g/mol. The maximum atomic E-state index is 12.0. The first-order chi connectivity index (χ1) is 13.9. The molecule has 1 aromatic carbocycles. The first-order valence-electron chi connectivity index (χ1n) is 8.15. The van der Waals surface area contributed by atoms with E-state index in [4.69, 9.17) is 10.3 Å². The molecule has 12 nitrogen and oxygen atoms in total. The molecule has 0 aliphatic rings. The van der Waals surface area contributed by atoms with Crippen LogP contribution in [0.1, 0.15) is 11.5 Å². The second kappa shape index (κ2) is 8.88. The predicted molar refractivity (Wildman–Crippen MR) is 107 cm³/mol. The van der Waals surface area contributed by atoms with Gasteiger partial charge >= 0.3 is 0 Å². The number of nitrogen functional groups attached to an aromatic ring is 1. The number of hydrogen-bond acceptors (Lipinski definition) is 10. The number of benzene rings is 1. The highest BCUT2D eigenvalue weighted by atomic mass is 32.2. The number of amides is 1. The van der Waals surface area contributed by atoms with E-state index in [0.29, 0.717) is 16.6 Å². The van der Waals surface area contributed by atoms with Crippen molar-refractivity contribution in [3.8, 4) is 0 Å². The fourth-order valence-electron chi connectivity index (χ4n) is 2.12. The second-order valence-electron chi connectivity index (χ2n) is 5.64. The Kier molecular flexibility index (Phi) is 6.09. The molecule has 3 rings (SSSR count). The number of furan rings is 1. The molecule has 0 unspecified atom stereocenters. The van der Waals surface area contributed by atoms with Gasteiger partial charge in [0.15, 0.2) is 0 Å². The Balaban J connectivity index is 1.51. The van der Waals surface area contributed by atoms with Crippen molar-refractivity contribution in [1.82, 2.24) is 14.9 Å². The van der Waals surface area contributed by atoms with Crippen LogP contribution in [0.4, 0.5) is 17.3 Å². The van der Waals surface area contributed by atoms with Crippen molar-refractivity contribution in [2.45, 2.75) is 12.1 Å². The van der Waals surface area contributed by atoms with Gasteiger partial charge < -0.3 is 15.6 Å². The summed E-state index contributed by atoms with van der Waals surface area (Å²) >= 11 is 1.07. The number of thioether (sulfide) groups is 1. The molecule has 0 fully saturated rings. The first-order valence-corrected chi connectivity index (χ1v) is 9.14. The number of rotatable bonds is 8. The van der Waals surface area contributed by atoms with E-state index in [1.807, 2.05) is 13.0 Å². The lowest BCUT2D eigenvalue weighted by atomic mass is 10.3. The van der Waals surface area contributed by atoms with Gasteiger partial charge in [-0.15, -0.1) is 10.2 Å². The van der Waals surface area contributed by atoms with Gasteiger partial charge in [-0.3, -0.25) is 14.9 Å². The van der Waals surface area contributed by atoms with E-state index >= 15 is 0 Å². The lowest BCUT2D eigenvalue weighted by Gasteiger charge is -2.05. The number of carbonyl (C=O) groups is 1. The molecule has 1 amide bonds. The summed E-state index contributed by atoms with van der Waals surface area (Å²) in [4.78, 5) is 22.2. The summed E-state index contributed by atoms with van der Waals surface area (Å²) in [5.41, 5.74) is 3.03. The highest BCUT2D eigenvalue weighted by molar-refractivity contribution is 7.99. The quantitative estimate of drug-likeness (QED) is 0.163. The Morgan fingerprint density at radius 2 is 2.10 bits per heavy atom. The third-order valence-corrected chi connectivity index (χ3v) is 4.42. The Morgan fingerprint density at radius 1 is 1.34 bits per heavy atom. The van der Waals surface area contributed by atoms with Crippen LogP contribution in [-0.4, -0.2) is 37.7 Å². The van der Waals surface area contributed by atoms with Crippen molar-refractivity contribution >= 4 is 41.2 Å². The molecule has 0 aliphatic carbocycles. The highest BCUT2D eigenvalue weighted by Crippen LogP contribution is 2.19. The van der Waals surface area contributed by atoms with Gasteiger partial charge in [-0.05, 0) is 31.2 Å². The number of non-ortho nitro benzene ring substituents is 1. The molecule has 29 heavy (non-hydrogen) atoms. The molecule has 0 radical (unpaired) electrons. The van der Waals surface area contributed by atoms with Crippen LogP contribution >= 0.6 is 11.8 Å². The number of nitro groups is 1. The smallest absolute Gasteiger partial charge is 0.269 e. The molecule has 4 N–H and O–H groups in total. The van der Waals surface area contributed by atoms with E-state index in [9.17, 15) is 14.9 Å². The fraction of sp³-hybridized carbons (Fsp3) is 0.125. The van der Waals surface area contributed by atoms with Crippen LogP contribution in [-0.2, 0) is 4.79 Å². The van der Waals surface area contributed by atoms with Crippen molar-refractivity contribution in [3.63, 3.8) is 0 Å². The summed E-state index contributed by atoms with van der Waals surface area (Å²) in [6.45, 7) is 1.82. The van der Waals surface area contributed by atoms with E-state index in [-0.39, 0.29) is 23.3 Å². The number of nitrogens with one attached hydrogen (secondary N) is 2. The lowest BCUT2D eigenvalue weighted by Crippen LogP contribution is -2.16. The number of carbonyl (C=O) groups excluding carboxylic acids is 1. The molecule has 0 spiro atoms. The number of nitrogens with two attached hydrogens (primary N) is 1. The molecule has 0 atom stereocenters. The van der Waals surface area contributed by atoms with Crippen LogP contribution < -0.4 is 16.6 Å². The third kappa shape index (κ3) is 5.32. The average Bonchev–Trinajstić information content (AvgIpc) is 3.26. The zero-order chi connectivity index (χ0) is 20.8. The largest absolute Gasteiger partial charge is 0.460 e. The van der Waals surface area contributed by atoms with E-state index in [1.54, 1.807) is 6.07 Å². The normalized spacial score (nSPS) is 10.9. The number of aromatic nitrogens is 3. The van der Waals surface area contributed by atoms with Gasteiger partial charge in [-0.1, -0.05) is 11.8 Å². The molecule has 150 valence electrons. The van der Waals surface area contributed by atoms with Crippen molar-refractivity contribution in [1.29, 1.82) is 0 Å². The van der Waals surface area contributed by atoms with Crippen molar-refractivity contribution in [2.75, 3.05) is 22.3 Å². The summed E-state index contributed by atoms with van der Waals surface area (Å²) in [5.74, 6) is 7.09. The zero-order valence-corrected chi connectivity index (χ0v) is 15.9. The number of hydrogen-bond donors (Lipinski definition) is 3. The number of aryl methyl sites for hydroxylation is 1. The Hall–Kier alpha value is -3.87. The van der Waals surface area contributed by atoms with Crippen LogP contribution in [0.25, 0.3) is 0 Å². The molecular formula is C16H16N8O4S. The minimum atomic E-state index is -0.513. The van der Waals surface area contributed by atoms with Gasteiger partial charge in [0.25, 0.3) is 11.6 Å². The summed E-state index contributed by atoms with van der Waals surface area (Å²) in [6, 6.07) is 9.09. The van der Waals surface area contributed by atoms with E-state index in [2.05, 4.69) is 26.0 Å². The molecule has 3 aromatic rings. The van der Waals surface area contributed by atoms with Crippen LogP contribution in [0.3, 0.4) is 0 Å². The van der Waals surface area contributed by atoms with Crippen molar-refractivity contribution in [3.05, 3.63) is 58.0 Å². The van der Waals surface area contributed by atoms with Gasteiger partial charge in [-0.2, -0.15) is 5.10 Å². The maximum absolute atomic E-state index is 12.0. The minimum absolute atomic E-state index is 0.0151. The van der Waals surface area contributed by atoms with E-state index < -0.39 is 4.92 Å². The molecule has 2 aromatic heterocycles.